The van der Waals surface area contributed by atoms with E-state index in [0.717, 1.165) is 12.1 Å². The van der Waals surface area contributed by atoms with Crippen LogP contribution in [0.5, 0.6) is 0 Å². The van der Waals surface area contributed by atoms with Crippen molar-refractivity contribution in [2.75, 3.05) is 0 Å². The molecular formula is C8H3BrF3NZn. The van der Waals surface area contributed by atoms with E-state index in [1.165, 1.54) is 22.4 Å². The van der Waals surface area contributed by atoms with Gasteiger partial charge in [-0.1, -0.05) is 11.1 Å². The molecule has 0 atom stereocenters. The van der Waals surface area contributed by atoms with Crippen molar-refractivity contribution in [1.82, 2.24) is 0 Å². The van der Waals surface area contributed by atoms with Crippen LogP contribution in [-0.4, -0.2) is 0 Å². The van der Waals surface area contributed by atoms with E-state index >= 15 is 0 Å². The van der Waals surface area contributed by atoms with Gasteiger partial charge in [0.25, 0.3) is 0 Å². The van der Waals surface area contributed by atoms with Crippen LogP contribution in [-0.2, 0) is 22.5 Å². The van der Waals surface area contributed by atoms with Crippen molar-refractivity contribution >= 4 is 13.6 Å². The third-order valence-electron chi connectivity index (χ3n) is 1.24. The maximum absolute atomic E-state index is 12.0. The molecule has 1 aromatic rings. The number of nitrogens with zero attached hydrogens (tertiary/aromatic N) is 1. The molecule has 14 heavy (non-hydrogen) atoms. The molecule has 0 heterocycles. The van der Waals surface area contributed by atoms with Gasteiger partial charge in [0.05, 0.1) is 6.07 Å². The molecule has 0 N–H and O–H groups in total. The summed E-state index contributed by atoms with van der Waals surface area (Å²) in [5, 5.41) is 8.30. The molecular weight excluding hydrogens is 312 g/mol. The summed E-state index contributed by atoms with van der Waals surface area (Å²) < 4.78 is 35.9. The van der Waals surface area contributed by atoms with Gasteiger partial charge in [-0.3, -0.25) is 0 Å². The number of nitriles is 1. The van der Waals surface area contributed by atoms with Crippen LogP contribution in [0.3, 0.4) is 0 Å². The van der Waals surface area contributed by atoms with E-state index < -0.39 is 11.7 Å². The molecule has 0 saturated carbocycles. The zero-order chi connectivity index (χ0) is 11.2. The summed E-state index contributed by atoms with van der Waals surface area (Å²) >= 11 is 4.25. The molecule has 6 heteroatoms. The van der Waals surface area contributed by atoms with Gasteiger partial charge in [0.15, 0.2) is 0 Å². The maximum atomic E-state index is 12.0. The molecule has 0 aliphatic heterocycles. The van der Waals surface area contributed by atoms with Crippen LogP contribution in [0.15, 0.2) is 18.2 Å². The first kappa shape index (κ1) is 13.6. The second kappa shape index (κ2) is 6.16. The fraction of sp³-hybridized carbons (Fsp3) is 0.125. The van der Waals surface area contributed by atoms with Crippen LogP contribution in [0.25, 0.3) is 0 Å². The fourth-order valence-corrected chi connectivity index (χ4v) is 0.700. The molecule has 0 spiro atoms. The Morgan fingerprint density at radius 1 is 1.43 bits per heavy atom. The molecule has 0 aliphatic carbocycles. The summed E-state index contributed by atoms with van der Waals surface area (Å²) in [5.74, 6) is 0. The van der Waals surface area contributed by atoms with E-state index in [4.69, 9.17) is 5.26 Å². The SMILES string of the molecule is N#Cc1cc[c-]c(C(F)(F)F)c1.[Zn+][Br]. The van der Waals surface area contributed by atoms with Crippen LogP contribution < -0.4 is 0 Å². The average Bonchev–Trinajstić information content (AvgIpc) is 2.20. The summed E-state index contributed by atoms with van der Waals surface area (Å²) in [7, 11) is 0. The second-order valence-electron chi connectivity index (χ2n) is 2.10. The topological polar surface area (TPSA) is 23.8 Å². The summed E-state index contributed by atoms with van der Waals surface area (Å²) in [6, 6.07) is 6.75. The number of rotatable bonds is 0. The van der Waals surface area contributed by atoms with Gasteiger partial charge in [-0.05, 0) is 0 Å². The Kier molecular flexibility index (Phi) is 5.98. The molecule has 1 aromatic carbocycles. The predicted octanol–water partition coefficient (Wildman–Crippen LogP) is 3.22. The minimum atomic E-state index is -4.42. The van der Waals surface area contributed by atoms with Crippen LogP contribution in [0.4, 0.5) is 13.2 Å². The molecule has 0 fully saturated rings. The van der Waals surface area contributed by atoms with E-state index in [2.05, 4.69) is 13.6 Å². The van der Waals surface area contributed by atoms with Crippen molar-refractivity contribution in [2.45, 2.75) is 6.18 Å². The summed E-state index contributed by atoms with van der Waals surface area (Å²) in [6.45, 7) is 0. The van der Waals surface area contributed by atoms with E-state index in [1.54, 1.807) is 6.07 Å². The Labute approximate surface area is 96.0 Å². The number of hydrogen-bond donors (Lipinski definition) is 0. The van der Waals surface area contributed by atoms with Crippen LogP contribution in [0.1, 0.15) is 11.1 Å². The van der Waals surface area contributed by atoms with Gasteiger partial charge >= 0.3 is 36.1 Å². The van der Waals surface area contributed by atoms with E-state index in [0.29, 0.717) is 0 Å². The van der Waals surface area contributed by atoms with E-state index in [-0.39, 0.29) is 5.56 Å². The normalized spacial score (nSPS) is 9.79. The van der Waals surface area contributed by atoms with Crippen molar-refractivity contribution in [3.63, 3.8) is 0 Å². The molecule has 1 rings (SSSR count). The molecule has 70 valence electrons. The predicted molar refractivity (Wildman–Crippen MR) is 43.9 cm³/mol. The number of halogens is 4. The van der Waals surface area contributed by atoms with Crippen molar-refractivity contribution < 1.29 is 29.5 Å². The molecule has 0 bridgehead atoms. The first-order valence-electron chi connectivity index (χ1n) is 3.30. The van der Waals surface area contributed by atoms with Gasteiger partial charge in [-0.25, -0.2) is 0 Å². The van der Waals surface area contributed by atoms with Gasteiger partial charge < -0.3 is 0 Å². The third-order valence-corrected chi connectivity index (χ3v) is 1.24. The Morgan fingerprint density at radius 2 is 2.00 bits per heavy atom. The first-order chi connectivity index (χ1) is 6.54. The quantitative estimate of drug-likeness (QED) is 0.533. The summed E-state index contributed by atoms with van der Waals surface area (Å²) in [6.07, 6.45) is -4.42. The van der Waals surface area contributed by atoms with Crippen molar-refractivity contribution in [2.24, 2.45) is 0 Å². The molecule has 0 unspecified atom stereocenters. The van der Waals surface area contributed by atoms with E-state index in [9.17, 15) is 13.2 Å². The Hall–Kier alpha value is -0.397. The molecule has 0 amide bonds. The van der Waals surface area contributed by atoms with Gasteiger partial charge in [0, 0.05) is 0 Å². The Morgan fingerprint density at radius 3 is 2.43 bits per heavy atom. The molecule has 0 radical (unpaired) electrons. The average molecular weight is 315 g/mol. The summed E-state index contributed by atoms with van der Waals surface area (Å²) in [4.78, 5) is 0. The zero-order valence-electron chi connectivity index (χ0n) is 6.90. The molecule has 0 saturated heterocycles. The van der Waals surface area contributed by atoms with E-state index in [1.807, 2.05) is 6.07 Å². The van der Waals surface area contributed by atoms with Crippen LogP contribution in [0, 0.1) is 17.4 Å². The van der Waals surface area contributed by atoms with Crippen molar-refractivity contribution in [3.05, 3.63) is 35.4 Å². The molecule has 1 nitrogen and oxygen atoms in total. The van der Waals surface area contributed by atoms with Crippen molar-refractivity contribution in [3.8, 4) is 6.07 Å². The standard InChI is InChI=1S/C8H3F3N.BrH.Zn/c9-8(10,11)7-3-1-2-6(4-7)5-12;;/h1-2,4H;1H;/q-1;;+2/p-1. The zero-order valence-corrected chi connectivity index (χ0v) is 11.5. The summed E-state index contributed by atoms with van der Waals surface area (Å²) in [5.41, 5.74) is -0.928. The van der Waals surface area contributed by atoms with Gasteiger partial charge in [0.1, 0.15) is 0 Å². The number of benzene rings is 1. The Balaban J connectivity index is 0.000000791. The molecule has 0 aliphatic rings. The van der Waals surface area contributed by atoms with Gasteiger partial charge in [-0.15, -0.1) is 6.07 Å². The third kappa shape index (κ3) is 4.21. The Bertz CT molecular complexity index is 332. The minimum absolute atomic E-state index is 0.0129. The van der Waals surface area contributed by atoms with Gasteiger partial charge in [0.2, 0.25) is 0 Å². The van der Waals surface area contributed by atoms with Gasteiger partial charge in [-0.2, -0.15) is 36.6 Å². The number of hydrogen-bond acceptors (Lipinski definition) is 1. The van der Waals surface area contributed by atoms with Crippen molar-refractivity contribution in [1.29, 1.82) is 5.26 Å². The second-order valence-corrected chi connectivity index (χ2v) is 2.10. The molecule has 0 aromatic heterocycles. The monoisotopic (exact) mass is 313 g/mol. The fourth-order valence-electron chi connectivity index (χ4n) is 0.700. The van der Waals surface area contributed by atoms with Crippen LogP contribution in [0.2, 0.25) is 0 Å². The number of alkyl halides is 3. The van der Waals surface area contributed by atoms with Crippen LogP contribution >= 0.6 is 13.6 Å². The first-order valence-corrected chi connectivity index (χ1v) is 10.2.